The van der Waals surface area contributed by atoms with Crippen LogP contribution in [0.1, 0.15) is 75.2 Å². The first-order valence-electron chi connectivity index (χ1n) is 6.36. The Labute approximate surface area is 103 Å². The van der Waals surface area contributed by atoms with E-state index in [1.165, 1.54) is 12.8 Å². The van der Waals surface area contributed by atoms with Gasteiger partial charge >= 0.3 is 0 Å². The Morgan fingerprint density at radius 3 is 0.938 bits per heavy atom. The molecule has 1 amide bonds. The SMILES string of the molecule is CC.CC.CC.CC(=O)C(N)=O.CCCC. The number of carbonyl (C=O) groups excluding carboxylic acids is 2. The van der Waals surface area contributed by atoms with E-state index in [2.05, 4.69) is 19.6 Å². The smallest absolute Gasteiger partial charge is 0.284 e. The Kier molecular flexibility index (Phi) is 88.1. The standard InChI is InChI=1S/C4H10.C3H5NO2.3C2H6/c1-3-4-2;1-2(5)3(4)6;3*1-2/h3-4H2,1-2H3;1H3,(H2,4,6);3*1-2H3. The van der Waals surface area contributed by atoms with Gasteiger partial charge in [-0.1, -0.05) is 68.2 Å². The van der Waals surface area contributed by atoms with Crippen LogP contribution in [0, 0.1) is 0 Å². The van der Waals surface area contributed by atoms with Crippen LogP contribution < -0.4 is 5.73 Å². The predicted molar refractivity (Wildman–Crippen MR) is 74.5 cm³/mol. The van der Waals surface area contributed by atoms with Gasteiger partial charge in [-0.2, -0.15) is 0 Å². The van der Waals surface area contributed by atoms with Crippen LogP contribution in [0.3, 0.4) is 0 Å². The van der Waals surface area contributed by atoms with Gasteiger partial charge in [-0.3, -0.25) is 9.59 Å². The summed E-state index contributed by atoms with van der Waals surface area (Å²) in [6, 6.07) is 0. The quantitative estimate of drug-likeness (QED) is 0.737. The summed E-state index contributed by atoms with van der Waals surface area (Å²) < 4.78 is 0. The predicted octanol–water partition coefficient (Wildman–Crippen LogP) is 3.95. The number of unbranched alkanes of at least 4 members (excludes halogenated alkanes) is 1. The van der Waals surface area contributed by atoms with E-state index in [1.54, 1.807) is 0 Å². The summed E-state index contributed by atoms with van der Waals surface area (Å²) in [5.41, 5.74) is 4.45. The van der Waals surface area contributed by atoms with Crippen molar-refractivity contribution < 1.29 is 9.59 Å². The summed E-state index contributed by atoms with van der Waals surface area (Å²) in [4.78, 5) is 19.2. The van der Waals surface area contributed by atoms with Crippen LogP contribution in [0.4, 0.5) is 0 Å². The third-order valence-corrected chi connectivity index (χ3v) is 0.847. The molecule has 0 aromatic rings. The molecular formula is C13H33NO2. The molecule has 0 spiro atoms. The topological polar surface area (TPSA) is 60.2 Å². The summed E-state index contributed by atoms with van der Waals surface area (Å²) in [5, 5.41) is 0. The first-order chi connectivity index (χ1) is 7.56. The van der Waals surface area contributed by atoms with Crippen molar-refractivity contribution in [2.45, 2.75) is 75.2 Å². The molecule has 0 saturated carbocycles. The first kappa shape index (κ1) is 29.4. The Bertz CT molecular complexity index is 98.5. The number of nitrogens with two attached hydrogens (primary N) is 1. The van der Waals surface area contributed by atoms with Crippen LogP contribution in [0.2, 0.25) is 0 Å². The van der Waals surface area contributed by atoms with Crippen molar-refractivity contribution in [3.63, 3.8) is 0 Å². The zero-order valence-corrected chi connectivity index (χ0v) is 12.8. The molecule has 0 fully saturated rings. The van der Waals surface area contributed by atoms with Crippen LogP contribution in [-0.4, -0.2) is 11.7 Å². The minimum atomic E-state index is -0.880. The fraction of sp³-hybridized carbons (Fsp3) is 0.846. The maximum Gasteiger partial charge on any atom is 0.284 e. The highest BCUT2D eigenvalue weighted by Crippen LogP contribution is 1.76. The number of primary amides is 1. The summed E-state index contributed by atoms with van der Waals surface area (Å²) in [6.45, 7) is 17.5. The van der Waals surface area contributed by atoms with Crippen LogP contribution in [0.15, 0.2) is 0 Å². The van der Waals surface area contributed by atoms with Crippen molar-refractivity contribution in [3.05, 3.63) is 0 Å². The van der Waals surface area contributed by atoms with E-state index in [9.17, 15) is 9.59 Å². The number of carbonyl (C=O) groups is 2. The minimum absolute atomic E-state index is 0.602. The second-order valence-electron chi connectivity index (χ2n) is 1.92. The molecule has 0 aromatic carbocycles. The Balaban J connectivity index is -0.0000000354. The van der Waals surface area contributed by atoms with E-state index >= 15 is 0 Å². The molecule has 0 aromatic heterocycles. The van der Waals surface area contributed by atoms with Crippen molar-refractivity contribution in [1.82, 2.24) is 0 Å². The van der Waals surface area contributed by atoms with Crippen molar-refractivity contribution >= 4 is 11.7 Å². The molecule has 3 nitrogen and oxygen atoms in total. The lowest BCUT2D eigenvalue weighted by Gasteiger charge is -1.74. The number of hydrogen-bond donors (Lipinski definition) is 1. The van der Waals surface area contributed by atoms with Crippen LogP contribution in [0.5, 0.6) is 0 Å². The largest absolute Gasteiger partial charge is 0.363 e. The van der Waals surface area contributed by atoms with E-state index in [1.807, 2.05) is 41.5 Å². The first-order valence-corrected chi connectivity index (χ1v) is 6.36. The Morgan fingerprint density at radius 1 is 0.812 bits per heavy atom. The van der Waals surface area contributed by atoms with Crippen molar-refractivity contribution in [1.29, 1.82) is 0 Å². The highest BCUT2D eigenvalue weighted by molar-refractivity contribution is 6.34. The Morgan fingerprint density at radius 2 is 0.938 bits per heavy atom. The van der Waals surface area contributed by atoms with Gasteiger partial charge in [0.1, 0.15) is 0 Å². The van der Waals surface area contributed by atoms with Gasteiger partial charge in [0.25, 0.3) is 5.91 Å². The average molecular weight is 235 g/mol. The molecule has 0 unspecified atom stereocenters. The molecule has 0 aliphatic rings. The van der Waals surface area contributed by atoms with Crippen LogP contribution >= 0.6 is 0 Å². The van der Waals surface area contributed by atoms with Gasteiger partial charge in [-0.15, -0.1) is 0 Å². The van der Waals surface area contributed by atoms with E-state index in [-0.39, 0.29) is 0 Å². The summed E-state index contributed by atoms with van der Waals surface area (Å²) >= 11 is 0. The number of amides is 1. The molecule has 0 bridgehead atoms. The molecule has 0 aliphatic heterocycles. The third-order valence-electron chi connectivity index (χ3n) is 0.847. The molecule has 0 aliphatic carbocycles. The summed E-state index contributed by atoms with van der Waals surface area (Å²) in [7, 11) is 0. The maximum absolute atomic E-state index is 9.67. The summed E-state index contributed by atoms with van der Waals surface area (Å²) in [6.07, 6.45) is 2.64. The normalized spacial score (nSPS) is 5.81. The van der Waals surface area contributed by atoms with Gasteiger partial charge in [0, 0.05) is 6.92 Å². The maximum atomic E-state index is 9.67. The lowest BCUT2D eigenvalue weighted by molar-refractivity contribution is -0.134. The third kappa shape index (κ3) is 113. The lowest BCUT2D eigenvalue weighted by Crippen LogP contribution is -2.19. The molecule has 2 N–H and O–H groups in total. The Hall–Kier alpha value is -0.860. The fourth-order valence-corrected chi connectivity index (χ4v) is 0. The molecule has 3 heteroatoms. The fourth-order valence-electron chi connectivity index (χ4n) is 0. The zero-order chi connectivity index (χ0) is 14.6. The van der Waals surface area contributed by atoms with Crippen molar-refractivity contribution in [2.75, 3.05) is 0 Å². The number of ketones is 1. The van der Waals surface area contributed by atoms with Gasteiger partial charge in [0.15, 0.2) is 0 Å². The van der Waals surface area contributed by atoms with Gasteiger partial charge in [-0.25, -0.2) is 0 Å². The zero-order valence-electron chi connectivity index (χ0n) is 12.8. The number of Topliss-reactive ketones (excluding diaryl/α,β-unsaturated/α-hetero) is 1. The molecule has 0 radical (unpaired) electrons. The highest BCUT2D eigenvalue weighted by atomic mass is 16.2. The second kappa shape index (κ2) is 47.9. The molecule has 0 rings (SSSR count). The van der Waals surface area contributed by atoms with E-state index in [0.29, 0.717) is 0 Å². The van der Waals surface area contributed by atoms with Crippen molar-refractivity contribution in [3.8, 4) is 0 Å². The number of hydrogen-bond acceptors (Lipinski definition) is 2. The molecule has 16 heavy (non-hydrogen) atoms. The van der Waals surface area contributed by atoms with Gasteiger partial charge in [-0.05, 0) is 0 Å². The minimum Gasteiger partial charge on any atom is -0.363 e. The van der Waals surface area contributed by atoms with Gasteiger partial charge in [0.2, 0.25) is 5.78 Å². The van der Waals surface area contributed by atoms with Crippen molar-refractivity contribution in [2.24, 2.45) is 5.73 Å². The van der Waals surface area contributed by atoms with Crippen LogP contribution in [0.25, 0.3) is 0 Å². The highest BCUT2D eigenvalue weighted by Gasteiger charge is 1.95. The van der Waals surface area contributed by atoms with Crippen LogP contribution in [-0.2, 0) is 9.59 Å². The monoisotopic (exact) mass is 235 g/mol. The van der Waals surface area contributed by atoms with E-state index < -0.39 is 11.7 Å². The van der Waals surface area contributed by atoms with E-state index in [4.69, 9.17) is 0 Å². The molecule has 0 atom stereocenters. The lowest BCUT2D eigenvalue weighted by atomic mass is 10.4. The molecule has 102 valence electrons. The molecule has 0 saturated heterocycles. The second-order valence-corrected chi connectivity index (χ2v) is 1.92. The molecule has 0 heterocycles. The van der Waals surface area contributed by atoms with E-state index in [0.717, 1.165) is 6.92 Å². The van der Waals surface area contributed by atoms with Gasteiger partial charge in [0.05, 0.1) is 0 Å². The molecular weight excluding hydrogens is 202 g/mol. The summed E-state index contributed by atoms with van der Waals surface area (Å²) in [5.74, 6) is -1.48. The van der Waals surface area contributed by atoms with Gasteiger partial charge < -0.3 is 5.73 Å². The number of rotatable bonds is 2. The average Bonchev–Trinajstić information content (AvgIpc) is 2.36.